The number of carbonyl (C=O) groups excluding carboxylic acids is 1. The van der Waals surface area contributed by atoms with Gasteiger partial charge in [0.15, 0.2) is 0 Å². The fourth-order valence-electron chi connectivity index (χ4n) is 1.36. The molecule has 0 aliphatic carbocycles. The lowest BCUT2D eigenvalue weighted by atomic mass is 10.1. The number of hydrogen-bond donors (Lipinski definition) is 0. The molecule has 0 saturated carbocycles. The molecule has 0 N–H and O–H groups in total. The minimum absolute atomic E-state index is 0.201. The summed E-state index contributed by atoms with van der Waals surface area (Å²) >= 11 is 9.15. The van der Waals surface area contributed by atoms with Gasteiger partial charge in [0.1, 0.15) is 13.0 Å². The van der Waals surface area contributed by atoms with E-state index in [4.69, 9.17) is 11.6 Å². The second-order valence-electron chi connectivity index (χ2n) is 3.41. The van der Waals surface area contributed by atoms with E-state index in [1.807, 2.05) is 0 Å². The van der Waals surface area contributed by atoms with Gasteiger partial charge >= 0.3 is 0 Å². The van der Waals surface area contributed by atoms with Crippen LogP contribution in [0.3, 0.4) is 0 Å². The number of benzene rings is 1. The number of ketones is 1. The van der Waals surface area contributed by atoms with Crippen molar-refractivity contribution in [3.63, 3.8) is 0 Å². The number of carbonyl (C=O) groups is 1. The van der Waals surface area contributed by atoms with Crippen molar-refractivity contribution in [2.45, 2.75) is 3.91 Å². The first-order valence-electron chi connectivity index (χ1n) is 4.73. The molecule has 0 aromatic heterocycles. The SMILES string of the molecule is O=C(c1ccccc1)C(Cl)(Br)N1CN(F)C=N1. The molecule has 1 heterocycles. The van der Waals surface area contributed by atoms with E-state index in [0.29, 0.717) is 10.7 Å². The Labute approximate surface area is 111 Å². The van der Waals surface area contributed by atoms with Crippen molar-refractivity contribution in [1.82, 2.24) is 10.1 Å². The maximum atomic E-state index is 12.8. The summed E-state index contributed by atoms with van der Waals surface area (Å²) in [6.45, 7) is -0.201. The molecule has 1 aromatic carbocycles. The molecule has 7 heteroatoms. The van der Waals surface area contributed by atoms with E-state index in [2.05, 4.69) is 21.0 Å². The van der Waals surface area contributed by atoms with Crippen LogP contribution in [0.2, 0.25) is 0 Å². The highest BCUT2D eigenvalue weighted by atomic mass is 79.9. The lowest BCUT2D eigenvalue weighted by Gasteiger charge is -2.27. The van der Waals surface area contributed by atoms with Crippen LogP contribution < -0.4 is 0 Å². The predicted molar refractivity (Wildman–Crippen MR) is 66.4 cm³/mol. The Bertz CT molecular complexity index is 454. The first kappa shape index (κ1) is 12.3. The summed E-state index contributed by atoms with van der Waals surface area (Å²) in [5.41, 5.74) is 0.423. The maximum absolute atomic E-state index is 12.8. The molecule has 90 valence electrons. The average molecular weight is 321 g/mol. The van der Waals surface area contributed by atoms with E-state index in [1.54, 1.807) is 30.3 Å². The zero-order valence-electron chi connectivity index (χ0n) is 8.55. The number of hydrazone groups is 1. The third kappa shape index (κ3) is 2.42. The molecule has 1 atom stereocenters. The van der Waals surface area contributed by atoms with E-state index in [-0.39, 0.29) is 6.67 Å². The zero-order chi connectivity index (χ0) is 12.5. The second kappa shape index (κ2) is 4.62. The van der Waals surface area contributed by atoms with Gasteiger partial charge in [0.25, 0.3) is 3.91 Å². The van der Waals surface area contributed by atoms with Gasteiger partial charge in [-0.15, -0.1) is 0 Å². The Hall–Kier alpha value is -1.14. The molecule has 1 aliphatic heterocycles. The van der Waals surface area contributed by atoms with Crippen LogP contribution in [-0.4, -0.2) is 32.8 Å². The number of alkyl halides is 2. The van der Waals surface area contributed by atoms with Gasteiger partial charge in [0.05, 0.1) is 0 Å². The summed E-state index contributed by atoms with van der Waals surface area (Å²) in [7, 11) is 0. The molecule has 0 amide bonds. The lowest BCUT2D eigenvalue weighted by molar-refractivity contribution is 0.0603. The number of hydrogen-bond acceptors (Lipinski definition) is 4. The highest BCUT2D eigenvalue weighted by Crippen LogP contribution is 2.34. The van der Waals surface area contributed by atoms with Gasteiger partial charge in [-0.3, -0.25) is 4.79 Å². The topological polar surface area (TPSA) is 35.9 Å². The van der Waals surface area contributed by atoms with Crippen molar-refractivity contribution < 1.29 is 9.28 Å². The zero-order valence-corrected chi connectivity index (χ0v) is 10.9. The van der Waals surface area contributed by atoms with Crippen LogP contribution in [0.4, 0.5) is 4.48 Å². The van der Waals surface area contributed by atoms with Gasteiger partial charge in [0, 0.05) is 5.56 Å². The number of Topliss-reactive ketones (excluding diaryl/α,β-unsaturated/α-hetero) is 1. The number of nitrogens with zero attached hydrogens (tertiary/aromatic N) is 3. The Morgan fingerprint density at radius 3 is 2.65 bits per heavy atom. The molecular formula is C10H8BrClFN3O. The minimum atomic E-state index is -1.58. The highest BCUT2D eigenvalue weighted by Gasteiger charge is 2.42. The fourth-order valence-corrected chi connectivity index (χ4v) is 2.00. The summed E-state index contributed by atoms with van der Waals surface area (Å²) in [6, 6.07) is 8.50. The number of halogens is 3. The third-order valence-corrected chi connectivity index (χ3v) is 3.35. The molecule has 2 rings (SSSR count). The predicted octanol–water partition coefficient (Wildman–Crippen LogP) is 2.56. The molecule has 0 saturated heterocycles. The standard InChI is InChI=1S/C10H8BrClFN3O/c11-10(12,16-7-15(13)6-14-16)9(17)8-4-2-1-3-5-8/h1-6H,7H2. The summed E-state index contributed by atoms with van der Waals surface area (Å²) in [4.78, 5) is 12.1. The quantitative estimate of drug-likeness (QED) is 0.372. The average Bonchev–Trinajstić information content (AvgIpc) is 2.77. The van der Waals surface area contributed by atoms with Crippen LogP contribution in [-0.2, 0) is 0 Å². The third-order valence-electron chi connectivity index (χ3n) is 2.22. The molecule has 0 spiro atoms. The van der Waals surface area contributed by atoms with Crippen LogP contribution >= 0.6 is 27.5 Å². The van der Waals surface area contributed by atoms with Gasteiger partial charge in [-0.25, -0.2) is 5.01 Å². The maximum Gasteiger partial charge on any atom is 0.250 e. The van der Waals surface area contributed by atoms with Crippen LogP contribution in [0.5, 0.6) is 0 Å². The van der Waals surface area contributed by atoms with Crippen molar-refractivity contribution in [3.05, 3.63) is 35.9 Å². The van der Waals surface area contributed by atoms with E-state index in [0.717, 1.165) is 11.3 Å². The van der Waals surface area contributed by atoms with Gasteiger partial charge in [0.2, 0.25) is 5.78 Å². The molecule has 17 heavy (non-hydrogen) atoms. The van der Waals surface area contributed by atoms with Gasteiger partial charge in [-0.1, -0.05) is 46.4 Å². The van der Waals surface area contributed by atoms with Crippen LogP contribution in [0.25, 0.3) is 0 Å². The Kier molecular flexibility index (Phi) is 3.35. The summed E-state index contributed by atoms with van der Waals surface area (Å²) in [5.74, 6) is -0.396. The second-order valence-corrected chi connectivity index (χ2v) is 5.56. The van der Waals surface area contributed by atoms with E-state index >= 15 is 0 Å². The minimum Gasteiger partial charge on any atom is -0.289 e. The molecular weight excluding hydrogens is 312 g/mol. The molecule has 1 unspecified atom stereocenters. The van der Waals surface area contributed by atoms with Gasteiger partial charge in [-0.05, 0) is 15.9 Å². The lowest BCUT2D eigenvalue weighted by Crippen LogP contribution is -2.42. The largest absolute Gasteiger partial charge is 0.289 e. The molecule has 0 fully saturated rings. The summed E-state index contributed by atoms with van der Waals surface area (Å²) < 4.78 is 11.2. The Balaban J connectivity index is 2.21. The fraction of sp³-hybridized carbons (Fsp3) is 0.200. The van der Waals surface area contributed by atoms with E-state index in [9.17, 15) is 9.28 Å². The normalized spacial score (nSPS) is 18.3. The first-order chi connectivity index (χ1) is 8.01. The van der Waals surface area contributed by atoms with E-state index in [1.165, 1.54) is 0 Å². The Morgan fingerprint density at radius 1 is 1.47 bits per heavy atom. The molecule has 4 nitrogen and oxygen atoms in total. The molecule has 1 aliphatic rings. The van der Waals surface area contributed by atoms with Gasteiger partial charge in [-0.2, -0.15) is 10.2 Å². The molecule has 0 radical (unpaired) electrons. The van der Waals surface area contributed by atoms with E-state index < -0.39 is 9.69 Å². The van der Waals surface area contributed by atoms with Crippen molar-refractivity contribution in [2.75, 3.05) is 6.67 Å². The Morgan fingerprint density at radius 2 is 2.12 bits per heavy atom. The van der Waals surface area contributed by atoms with Crippen LogP contribution in [0.15, 0.2) is 35.4 Å². The molecule has 0 bridgehead atoms. The summed E-state index contributed by atoms with van der Waals surface area (Å²) in [6.07, 6.45) is 0.955. The summed E-state index contributed by atoms with van der Waals surface area (Å²) in [5, 5.41) is 5.14. The van der Waals surface area contributed by atoms with Crippen LogP contribution in [0.1, 0.15) is 10.4 Å². The number of rotatable bonds is 3. The van der Waals surface area contributed by atoms with Crippen molar-refractivity contribution in [3.8, 4) is 0 Å². The van der Waals surface area contributed by atoms with Crippen LogP contribution in [0, 0.1) is 0 Å². The van der Waals surface area contributed by atoms with Crippen molar-refractivity contribution >= 4 is 39.7 Å². The smallest absolute Gasteiger partial charge is 0.250 e. The molecule has 1 aromatic rings. The van der Waals surface area contributed by atoms with Crippen molar-refractivity contribution in [1.29, 1.82) is 0 Å². The first-order valence-corrected chi connectivity index (χ1v) is 5.91. The highest BCUT2D eigenvalue weighted by molar-refractivity contribution is 9.10. The van der Waals surface area contributed by atoms with Gasteiger partial charge < -0.3 is 0 Å². The monoisotopic (exact) mass is 319 g/mol. The van der Waals surface area contributed by atoms with Crippen molar-refractivity contribution in [2.24, 2.45) is 5.10 Å².